The van der Waals surface area contributed by atoms with Crippen molar-refractivity contribution in [3.8, 4) is 11.5 Å². The Kier molecular flexibility index (Phi) is 5.59. The lowest BCUT2D eigenvalue weighted by Gasteiger charge is -2.16. The number of hydrogen-bond acceptors (Lipinski definition) is 3. The summed E-state index contributed by atoms with van der Waals surface area (Å²) in [7, 11) is 1.64. The van der Waals surface area contributed by atoms with Crippen LogP contribution in [0, 0.1) is 0 Å². The van der Waals surface area contributed by atoms with E-state index in [9.17, 15) is 0 Å². The van der Waals surface area contributed by atoms with Crippen LogP contribution in [0.2, 0.25) is 10.0 Å². The number of rotatable bonds is 6. The average molecular weight is 326 g/mol. The summed E-state index contributed by atoms with van der Waals surface area (Å²) in [4.78, 5) is 0. The third kappa shape index (κ3) is 4.73. The lowest BCUT2D eigenvalue weighted by Crippen LogP contribution is -2.22. The van der Waals surface area contributed by atoms with E-state index in [1.54, 1.807) is 19.2 Å². The Balaban J connectivity index is 1.86. The van der Waals surface area contributed by atoms with Crippen LogP contribution in [0.1, 0.15) is 6.92 Å². The van der Waals surface area contributed by atoms with Gasteiger partial charge >= 0.3 is 0 Å². The van der Waals surface area contributed by atoms with Crippen molar-refractivity contribution >= 4 is 28.9 Å². The quantitative estimate of drug-likeness (QED) is 0.820. The van der Waals surface area contributed by atoms with Gasteiger partial charge in [0, 0.05) is 5.69 Å². The zero-order valence-electron chi connectivity index (χ0n) is 11.9. The van der Waals surface area contributed by atoms with Crippen LogP contribution in [0.3, 0.4) is 0 Å². The molecule has 0 aromatic heterocycles. The highest BCUT2D eigenvalue weighted by Crippen LogP contribution is 2.25. The van der Waals surface area contributed by atoms with E-state index >= 15 is 0 Å². The number of halogens is 2. The van der Waals surface area contributed by atoms with Gasteiger partial charge in [0.1, 0.15) is 17.6 Å². The molecule has 0 amide bonds. The fourth-order valence-electron chi connectivity index (χ4n) is 1.80. The fourth-order valence-corrected chi connectivity index (χ4v) is 2.09. The van der Waals surface area contributed by atoms with Crippen LogP contribution in [0.4, 0.5) is 5.69 Å². The number of nitrogens with one attached hydrogen (secondary N) is 1. The standard InChI is InChI=1S/C16H17Cl2NO2/c1-11(21-14-6-4-13(20-2)5-7-14)10-19-12-3-8-15(17)16(18)9-12/h3-9,11,19H,10H2,1-2H3/t11-/m0/s1. The monoisotopic (exact) mass is 325 g/mol. The molecule has 0 radical (unpaired) electrons. The van der Waals surface area contributed by atoms with Crippen molar-refractivity contribution in [2.45, 2.75) is 13.0 Å². The summed E-state index contributed by atoms with van der Waals surface area (Å²) >= 11 is 11.9. The van der Waals surface area contributed by atoms with Gasteiger partial charge in [-0.3, -0.25) is 0 Å². The molecule has 0 bridgehead atoms. The van der Waals surface area contributed by atoms with E-state index in [4.69, 9.17) is 32.7 Å². The summed E-state index contributed by atoms with van der Waals surface area (Å²) in [6, 6.07) is 12.9. The van der Waals surface area contributed by atoms with Crippen molar-refractivity contribution in [1.29, 1.82) is 0 Å². The molecule has 0 fully saturated rings. The maximum atomic E-state index is 5.97. The van der Waals surface area contributed by atoms with Crippen LogP contribution in [0.25, 0.3) is 0 Å². The van der Waals surface area contributed by atoms with Crippen LogP contribution < -0.4 is 14.8 Å². The van der Waals surface area contributed by atoms with Crippen molar-refractivity contribution < 1.29 is 9.47 Å². The SMILES string of the molecule is COc1ccc(O[C@@H](C)CNc2ccc(Cl)c(Cl)c2)cc1. The minimum atomic E-state index is 0.00727. The van der Waals surface area contributed by atoms with Crippen molar-refractivity contribution in [3.63, 3.8) is 0 Å². The van der Waals surface area contributed by atoms with E-state index in [0.29, 0.717) is 16.6 Å². The molecule has 0 aliphatic rings. The van der Waals surface area contributed by atoms with E-state index in [2.05, 4.69) is 5.32 Å². The molecule has 2 aromatic carbocycles. The van der Waals surface area contributed by atoms with Crippen molar-refractivity contribution in [3.05, 3.63) is 52.5 Å². The summed E-state index contributed by atoms with van der Waals surface area (Å²) in [5.74, 6) is 1.61. The molecule has 1 atom stereocenters. The fraction of sp³-hybridized carbons (Fsp3) is 0.250. The predicted octanol–water partition coefficient (Wildman–Crippen LogP) is 4.88. The molecular weight excluding hydrogens is 309 g/mol. The van der Waals surface area contributed by atoms with Crippen molar-refractivity contribution in [2.24, 2.45) is 0 Å². The van der Waals surface area contributed by atoms with E-state index in [-0.39, 0.29) is 6.10 Å². The van der Waals surface area contributed by atoms with Gasteiger partial charge in [-0.05, 0) is 49.4 Å². The molecule has 0 saturated carbocycles. The molecular formula is C16H17Cl2NO2. The topological polar surface area (TPSA) is 30.5 Å². The van der Waals surface area contributed by atoms with E-state index < -0.39 is 0 Å². The Labute approximate surface area is 134 Å². The van der Waals surface area contributed by atoms with Crippen LogP contribution in [0.15, 0.2) is 42.5 Å². The van der Waals surface area contributed by atoms with E-state index in [1.807, 2.05) is 37.3 Å². The van der Waals surface area contributed by atoms with E-state index in [0.717, 1.165) is 17.2 Å². The van der Waals surface area contributed by atoms with Crippen LogP contribution in [-0.2, 0) is 0 Å². The highest BCUT2D eigenvalue weighted by Gasteiger charge is 2.05. The van der Waals surface area contributed by atoms with Gasteiger partial charge < -0.3 is 14.8 Å². The van der Waals surface area contributed by atoms with E-state index in [1.165, 1.54) is 0 Å². The predicted molar refractivity (Wildman–Crippen MR) is 88.0 cm³/mol. The van der Waals surface area contributed by atoms with Crippen LogP contribution in [0.5, 0.6) is 11.5 Å². The minimum absolute atomic E-state index is 0.00727. The third-order valence-electron chi connectivity index (χ3n) is 2.91. The lowest BCUT2D eigenvalue weighted by molar-refractivity contribution is 0.234. The van der Waals surface area contributed by atoms with Gasteiger partial charge in [-0.1, -0.05) is 23.2 Å². The number of hydrogen-bond donors (Lipinski definition) is 1. The summed E-state index contributed by atoms with van der Waals surface area (Å²) in [6.45, 7) is 2.65. The second kappa shape index (κ2) is 7.43. The molecule has 3 nitrogen and oxygen atoms in total. The van der Waals surface area contributed by atoms with Crippen LogP contribution >= 0.6 is 23.2 Å². The Morgan fingerprint density at radius 1 is 1.00 bits per heavy atom. The normalized spacial score (nSPS) is 11.8. The molecule has 112 valence electrons. The first kappa shape index (κ1) is 15.8. The molecule has 5 heteroatoms. The Bertz CT molecular complexity index is 587. The Morgan fingerprint density at radius 3 is 2.29 bits per heavy atom. The highest BCUT2D eigenvalue weighted by atomic mass is 35.5. The summed E-state index contributed by atoms with van der Waals surface area (Å²) in [5, 5.41) is 4.34. The summed E-state index contributed by atoms with van der Waals surface area (Å²) < 4.78 is 10.9. The second-order valence-corrected chi connectivity index (χ2v) is 5.43. The van der Waals surface area contributed by atoms with Gasteiger partial charge in [0.15, 0.2) is 0 Å². The third-order valence-corrected chi connectivity index (χ3v) is 3.65. The van der Waals surface area contributed by atoms with Crippen LogP contribution in [-0.4, -0.2) is 19.8 Å². The summed E-state index contributed by atoms with van der Waals surface area (Å²) in [6.07, 6.45) is 0.00727. The molecule has 21 heavy (non-hydrogen) atoms. The average Bonchev–Trinajstić information content (AvgIpc) is 2.49. The number of benzene rings is 2. The Hall–Kier alpha value is -1.58. The first-order valence-corrected chi connectivity index (χ1v) is 7.33. The second-order valence-electron chi connectivity index (χ2n) is 4.61. The zero-order chi connectivity index (χ0) is 15.2. The largest absolute Gasteiger partial charge is 0.497 e. The summed E-state index contributed by atoms with van der Waals surface area (Å²) in [5.41, 5.74) is 0.912. The maximum Gasteiger partial charge on any atom is 0.120 e. The first-order chi connectivity index (χ1) is 10.1. The first-order valence-electron chi connectivity index (χ1n) is 6.58. The molecule has 0 aliphatic carbocycles. The smallest absolute Gasteiger partial charge is 0.120 e. The van der Waals surface area contributed by atoms with Gasteiger partial charge in [0.25, 0.3) is 0 Å². The van der Waals surface area contributed by atoms with Crippen molar-refractivity contribution in [1.82, 2.24) is 0 Å². The number of ether oxygens (including phenoxy) is 2. The van der Waals surface area contributed by atoms with Gasteiger partial charge in [0.05, 0.1) is 23.7 Å². The molecule has 2 aromatic rings. The minimum Gasteiger partial charge on any atom is -0.497 e. The highest BCUT2D eigenvalue weighted by molar-refractivity contribution is 6.42. The molecule has 2 rings (SSSR count). The molecule has 0 unspecified atom stereocenters. The number of methoxy groups -OCH3 is 1. The lowest BCUT2D eigenvalue weighted by atomic mass is 10.3. The van der Waals surface area contributed by atoms with Gasteiger partial charge in [-0.2, -0.15) is 0 Å². The molecule has 0 saturated heterocycles. The number of anilines is 1. The molecule has 0 aliphatic heterocycles. The van der Waals surface area contributed by atoms with Gasteiger partial charge in [0.2, 0.25) is 0 Å². The zero-order valence-corrected chi connectivity index (χ0v) is 13.4. The van der Waals surface area contributed by atoms with Gasteiger partial charge in [-0.15, -0.1) is 0 Å². The molecule has 0 heterocycles. The molecule has 1 N–H and O–H groups in total. The molecule has 0 spiro atoms. The van der Waals surface area contributed by atoms with Crippen molar-refractivity contribution in [2.75, 3.05) is 19.0 Å². The maximum absolute atomic E-state index is 5.97. The van der Waals surface area contributed by atoms with Gasteiger partial charge in [-0.25, -0.2) is 0 Å². The Morgan fingerprint density at radius 2 is 1.67 bits per heavy atom.